The lowest BCUT2D eigenvalue weighted by Crippen LogP contribution is -2.25. The summed E-state index contributed by atoms with van der Waals surface area (Å²) in [5, 5.41) is 8.26. The third-order valence-corrected chi connectivity index (χ3v) is 6.02. The minimum Gasteiger partial charge on any atom is -0.480 e. The summed E-state index contributed by atoms with van der Waals surface area (Å²) in [5.74, 6) is 0.231. The van der Waals surface area contributed by atoms with Crippen LogP contribution in [-0.2, 0) is 12.0 Å². The van der Waals surface area contributed by atoms with E-state index in [-0.39, 0.29) is 16.9 Å². The molecule has 5 heterocycles. The van der Waals surface area contributed by atoms with Crippen LogP contribution in [0.5, 0.6) is 5.75 Å². The van der Waals surface area contributed by atoms with E-state index in [9.17, 15) is 4.39 Å². The lowest BCUT2D eigenvalue weighted by atomic mass is 9.82. The molecule has 150 valence electrons. The number of anilines is 1. The lowest BCUT2D eigenvalue weighted by molar-refractivity contribution is 0.216. The van der Waals surface area contributed by atoms with Gasteiger partial charge in [0.25, 0.3) is 0 Å². The molecule has 0 saturated carbocycles. The molecule has 7 nitrogen and oxygen atoms in total. The summed E-state index contributed by atoms with van der Waals surface area (Å²) in [6.45, 7) is 4.71. The summed E-state index contributed by atoms with van der Waals surface area (Å²) in [7, 11) is 0. The van der Waals surface area contributed by atoms with Crippen LogP contribution in [0.4, 0.5) is 10.2 Å². The summed E-state index contributed by atoms with van der Waals surface area (Å²) in [6.07, 6.45) is 4.90. The maximum Gasteiger partial charge on any atom is 0.166 e. The molecule has 2 atom stereocenters. The number of pyridine rings is 2. The normalized spacial score (nSPS) is 21.4. The first-order valence-electron chi connectivity index (χ1n) is 9.88. The number of ether oxygens (including phenoxy) is 1. The number of rotatable bonds is 4. The summed E-state index contributed by atoms with van der Waals surface area (Å²) in [6, 6.07) is 6.88. The SMILES string of the molecule is C[C@@H](Oc1cc(-c2cc3n(n2)CC[C@@]32CCNC2)cnc1N)c1ncccc1F. The summed E-state index contributed by atoms with van der Waals surface area (Å²) in [4.78, 5) is 8.35. The largest absolute Gasteiger partial charge is 0.480 e. The van der Waals surface area contributed by atoms with E-state index >= 15 is 0 Å². The van der Waals surface area contributed by atoms with Gasteiger partial charge in [0.15, 0.2) is 11.6 Å². The van der Waals surface area contributed by atoms with Gasteiger partial charge in [-0.2, -0.15) is 5.10 Å². The highest BCUT2D eigenvalue weighted by Gasteiger charge is 2.42. The number of fused-ring (bicyclic) bond motifs is 2. The molecule has 1 fully saturated rings. The van der Waals surface area contributed by atoms with Gasteiger partial charge >= 0.3 is 0 Å². The van der Waals surface area contributed by atoms with Crippen LogP contribution < -0.4 is 15.8 Å². The fraction of sp³-hybridized carbons (Fsp3) is 0.381. The molecular formula is C21H23FN6O. The molecule has 8 heteroatoms. The van der Waals surface area contributed by atoms with E-state index in [0.717, 1.165) is 43.7 Å². The van der Waals surface area contributed by atoms with Crippen LogP contribution in [0, 0.1) is 5.82 Å². The second kappa shape index (κ2) is 6.81. The molecule has 5 rings (SSSR count). The molecule has 0 aliphatic carbocycles. The van der Waals surface area contributed by atoms with Crippen molar-refractivity contribution in [1.82, 2.24) is 25.1 Å². The predicted molar refractivity (Wildman–Crippen MR) is 107 cm³/mol. The summed E-state index contributed by atoms with van der Waals surface area (Å²) < 4.78 is 22.0. The fourth-order valence-electron chi connectivity index (χ4n) is 4.41. The number of aryl methyl sites for hydroxylation is 1. The van der Waals surface area contributed by atoms with Gasteiger partial charge in [-0.05, 0) is 50.6 Å². The summed E-state index contributed by atoms with van der Waals surface area (Å²) in [5.41, 5.74) is 9.39. The van der Waals surface area contributed by atoms with Crippen molar-refractivity contribution < 1.29 is 9.13 Å². The van der Waals surface area contributed by atoms with Gasteiger partial charge in [-0.25, -0.2) is 9.37 Å². The van der Waals surface area contributed by atoms with Gasteiger partial charge in [0.05, 0.1) is 5.69 Å². The first kappa shape index (κ1) is 18.1. The molecule has 0 amide bonds. The van der Waals surface area contributed by atoms with E-state index in [4.69, 9.17) is 15.6 Å². The molecule has 3 N–H and O–H groups in total. The van der Waals surface area contributed by atoms with Gasteiger partial charge in [0.1, 0.15) is 17.6 Å². The van der Waals surface area contributed by atoms with Crippen molar-refractivity contribution in [3.63, 3.8) is 0 Å². The number of nitrogens with two attached hydrogens (primary N) is 1. The molecule has 1 spiro atoms. The molecule has 3 aromatic heterocycles. The average molecular weight is 394 g/mol. The van der Waals surface area contributed by atoms with Crippen LogP contribution in [0.1, 0.15) is 37.3 Å². The fourth-order valence-corrected chi connectivity index (χ4v) is 4.41. The average Bonchev–Trinajstić information content (AvgIpc) is 3.43. The molecule has 2 aliphatic heterocycles. The number of nitrogens with zero attached hydrogens (tertiary/aromatic N) is 4. The number of aromatic nitrogens is 4. The van der Waals surface area contributed by atoms with E-state index in [2.05, 4.69) is 26.0 Å². The maximum atomic E-state index is 14.0. The highest BCUT2D eigenvalue weighted by molar-refractivity contribution is 5.64. The van der Waals surface area contributed by atoms with Crippen molar-refractivity contribution in [2.24, 2.45) is 0 Å². The smallest absolute Gasteiger partial charge is 0.166 e. The van der Waals surface area contributed by atoms with Gasteiger partial charge in [-0.1, -0.05) is 0 Å². The van der Waals surface area contributed by atoms with Crippen molar-refractivity contribution in [3.05, 3.63) is 53.9 Å². The second-order valence-electron chi connectivity index (χ2n) is 7.83. The first-order valence-corrected chi connectivity index (χ1v) is 9.88. The molecule has 0 aromatic carbocycles. The second-order valence-corrected chi connectivity index (χ2v) is 7.83. The Morgan fingerprint density at radius 3 is 3.00 bits per heavy atom. The van der Waals surface area contributed by atoms with Crippen LogP contribution in [0.3, 0.4) is 0 Å². The zero-order valence-corrected chi connectivity index (χ0v) is 16.2. The predicted octanol–water partition coefficient (Wildman–Crippen LogP) is 2.84. The van der Waals surface area contributed by atoms with Crippen LogP contribution in [0.25, 0.3) is 11.3 Å². The zero-order valence-electron chi connectivity index (χ0n) is 16.2. The number of nitrogen functional groups attached to an aromatic ring is 1. The first-order chi connectivity index (χ1) is 14.1. The Hall–Kier alpha value is -3.00. The van der Waals surface area contributed by atoms with Gasteiger partial charge in [0, 0.05) is 42.2 Å². The minimum atomic E-state index is -0.601. The van der Waals surface area contributed by atoms with Crippen LogP contribution >= 0.6 is 0 Å². The van der Waals surface area contributed by atoms with Crippen molar-refractivity contribution in [2.75, 3.05) is 18.8 Å². The van der Waals surface area contributed by atoms with Gasteiger partial charge in [-0.3, -0.25) is 9.67 Å². The maximum absolute atomic E-state index is 14.0. The quantitative estimate of drug-likeness (QED) is 0.707. The third-order valence-electron chi connectivity index (χ3n) is 6.02. The topological polar surface area (TPSA) is 90.9 Å². The standard InChI is InChI=1S/C21H23FN6O/c1-13(19-15(22)3-2-6-25-19)29-17-9-14(11-26-20(17)23)16-10-18-21(4-7-24-12-21)5-8-28(18)27-16/h2-3,6,9-11,13,24H,4-5,7-8,12H2,1H3,(H2,23,26)/t13-,21-/m1/s1. The number of hydrogen-bond acceptors (Lipinski definition) is 6. The minimum absolute atomic E-state index is 0.191. The Balaban J connectivity index is 1.44. The van der Waals surface area contributed by atoms with E-state index in [1.165, 1.54) is 18.0 Å². The number of nitrogens with one attached hydrogen (secondary N) is 1. The highest BCUT2D eigenvalue weighted by atomic mass is 19.1. The molecule has 0 bridgehead atoms. The van der Waals surface area contributed by atoms with Gasteiger partial charge in [-0.15, -0.1) is 0 Å². The Kier molecular flexibility index (Phi) is 4.24. The van der Waals surface area contributed by atoms with Crippen molar-refractivity contribution in [2.45, 2.75) is 37.8 Å². The Labute approximate surface area is 168 Å². The van der Waals surface area contributed by atoms with Crippen molar-refractivity contribution in [1.29, 1.82) is 0 Å². The van der Waals surface area contributed by atoms with Crippen LogP contribution in [-0.4, -0.2) is 32.8 Å². The Bertz CT molecular complexity index is 1060. The van der Waals surface area contributed by atoms with Gasteiger partial charge in [0.2, 0.25) is 0 Å². The Morgan fingerprint density at radius 2 is 2.21 bits per heavy atom. The molecule has 29 heavy (non-hydrogen) atoms. The number of halogens is 1. The molecule has 0 unspecified atom stereocenters. The van der Waals surface area contributed by atoms with E-state index in [1.54, 1.807) is 19.2 Å². The number of hydrogen-bond donors (Lipinski definition) is 2. The van der Waals surface area contributed by atoms with Crippen molar-refractivity contribution >= 4 is 5.82 Å². The molecule has 3 aromatic rings. The van der Waals surface area contributed by atoms with Crippen molar-refractivity contribution in [3.8, 4) is 17.0 Å². The van der Waals surface area contributed by atoms with E-state index in [0.29, 0.717) is 5.75 Å². The lowest BCUT2D eigenvalue weighted by Gasteiger charge is -2.20. The Morgan fingerprint density at radius 1 is 1.31 bits per heavy atom. The van der Waals surface area contributed by atoms with E-state index in [1.807, 2.05) is 6.07 Å². The van der Waals surface area contributed by atoms with Crippen LogP contribution in [0.2, 0.25) is 0 Å². The zero-order chi connectivity index (χ0) is 20.0. The molecule has 0 radical (unpaired) electrons. The van der Waals surface area contributed by atoms with Gasteiger partial charge < -0.3 is 15.8 Å². The van der Waals surface area contributed by atoms with E-state index < -0.39 is 11.9 Å². The monoisotopic (exact) mass is 394 g/mol. The van der Waals surface area contributed by atoms with Crippen LogP contribution in [0.15, 0.2) is 36.7 Å². The molecule has 1 saturated heterocycles. The highest BCUT2D eigenvalue weighted by Crippen LogP contribution is 2.41. The third kappa shape index (κ3) is 3.04. The molecule has 2 aliphatic rings. The molecular weight excluding hydrogens is 371 g/mol. The summed E-state index contributed by atoms with van der Waals surface area (Å²) >= 11 is 0.